The van der Waals surface area contributed by atoms with Gasteiger partial charge in [-0.05, 0) is 70.7 Å². The fourth-order valence-electron chi connectivity index (χ4n) is 4.98. The number of amides is 3. The fraction of sp³-hybridized carbons (Fsp3) is 0.419. The monoisotopic (exact) mass is 574 g/mol. The molecule has 10 nitrogen and oxygen atoms in total. The lowest BCUT2D eigenvalue weighted by Gasteiger charge is -2.39. The smallest absolute Gasteiger partial charge is 0.410 e. The van der Waals surface area contributed by atoms with Crippen molar-refractivity contribution in [2.75, 3.05) is 13.1 Å². The molecule has 1 aromatic carbocycles. The molecule has 2 aromatic heterocycles. The summed E-state index contributed by atoms with van der Waals surface area (Å²) in [5.74, 6) is -1.16. The van der Waals surface area contributed by atoms with E-state index in [1.54, 1.807) is 29.3 Å². The van der Waals surface area contributed by atoms with E-state index in [-0.39, 0.29) is 42.0 Å². The van der Waals surface area contributed by atoms with Crippen LogP contribution in [0.1, 0.15) is 72.9 Å². The molecule has 1 saturated heterocycles. The Kier molecular flexibility index (Phi) is 8.46. The van der Waals surface area contributed by atoms with E-state index in [9.17, 15) is 18.8 Å². The van der Waals surface area contributed by atoms with Gasteiger partial charge in [0.15, 0.2) is 5.82 Å². The summed E-state index contributed by atoms with van der Waals surface area (Å²) in [5.41, 5.74) is 0.753. The summed E-state index contributed by atoms with van der Waals surface area (Å²) in [5, 5.41) is 2.66. The zero-order valence-corrected chi connectivity index (χ0v) is 24.0. The number of halogens is 1. The molecule has 0 unspecified atom stereocenters. The third-order valence-electron chi connectivity index (χ3n) is 7.21. The lowest BCUT2D eigenvalue weighted by molar-refractivity contribution is 0.0142. The van der Waals surface area contributed by atoms with Gasteiger partial charge >= 0.3 is 6.09 Å². The highest BCUT2D eigenvalue weighted by Crippen LogP contribution is 2.33. The standard InChI is InChI=1S/C31H35FN6O4/c1-31(2,3)42-30(41)37-14-11-24(12-15-37)38(23-8-9-23)29(40)21-17-34-27(35-18-21)20-7-10-25(26(32)16-20)28(39)36-19-22-6-4-5-13-33-22/h4-7,10,13,16-18,23-24H,8-9,11-12,14-15,19H2,1-3H3,(H,36,39). The number of hydrogen-bond donors (Lipinski definition) is 1. The maximum atomic E-state index is 14.9. The Hall–Kier alpha value is -4.41. The van der Waals surface area contributed by atoms with Crippen molar-refractivity contribution >= 4 is 17.9 Å². The van der Waals surface area contributed by atoms with Gasteiger partial charge in [-0.25, -0.2) is 19.2 Å². The number of aromatic nitrogens is 3. The topological polar surface area (TPSA) is 118 Å². The van der Waals surface area contributed by atoms with Crippen molar-refractivity contribution in [1.29, 1.82) is 0 Å². The van der Waals surface area contributed by atoms with Crippen LogP contribution in [0.3, 0.4) is 0 Å². The second kappa shape index (κ2) is 12.2. The van der Waals surface area contributed by atoms with E-state index in [1.807, 2.05) is 31.7 Å². The van der Waals surface area contributed by atoms with Gasteiger partial charge in [0, 0.05) is 49.3 Å². The molecule has 3 amide bonds. The summed E-state index contributed by atoms with van der Waals surface area (Å²) < 4.78 is 20.4. The SMILES string of the molecule is CC(C)(C)OC(=O)N1CCC(N(C(=O)c2cnc(-c3ccc(C(=O)NCc4ccccn4)c(F)c3)nc2)C2CC2)CC1. The predicted octanol–water partition coefficient (Wildman–Crippen LogP) is 4.61. The zero-order chi connectivity index (χ0) is 29.9. The number of hydrogen-bond acceptors (Lipinski definition) is 7. The fourth-order valence-corrected chi connectivity index (χ4v) is 4.98. The lowest BCUT2D eigenvalue weighted by Crippen LogP contribution is -2.50. The van der Waals surface area contributed by atoms with E-state index in [1.165, 1.54) is 24.5 Å². The molecule has 1 aliphatic heterocycles. The number of piperidine rings is 1. The van der Waals surface area contributed by atoms with Crippen molar-refractivity contribution in [3.05, 3.63) is 77.6 Å². The minimum Gasteiger partial charge on any atom is -0.444 e. The first-order valence-electron chi connectivity index (χ1n) is 14.2. The van der Waals surface area contributed by atoms with Crippen LogP contribution in [-0.4, -0.2) is 73.4 Å². The summed E-state index contributed by atoms with van der Waals surface area (Å²) in [7, 11) is 0. The maximum Gasteiger partial charge on any atom is 0.410 e. The molecule has 1 saturated carbocycles. The molecule has 3 aromatic rings. The summed E-state index contributed by atoms with van der Waals surface area (Å²) in [6.07, 6.45) is 7.43. The van der Waals surface area contributed by atoms with Crippen molar-refractivity contribution in [2.24, 2.45) is 0 Å². The van der Waals surface area contributed by atoms with Crippen molar-refractivity contribution in [1.82, 2.24) is 30.1 Å². The second-order valence-corrected chi connectivity index (χ2v) is 11.6. The Morgan fingerprint density at radius 1 is 1.00 bits per heavy atom. The van der Waals surface area contributed by atoms with E-state index in [0.29, 0.717) is 42.8 Å². The number of nitrogens with zero attached hydrogens (tertiary/aromatic N) is 5. The minimum absolute atomic E-state index is 0.00817. The van der Waals surface area contributed by atoms with E-state index in [2.05, 4.69) is 20.3 Å². The van der Waals surface area contributed by atoms with Gasteiger partial charge in [-0.2, -0.15) is 0 Å². The number of benzene rings is 1. The first-order valence-corrected chi connectivity index (χ1v) is 14.2. The Labute approximate surface area is 244 Å². The van der Waals surface area contributed by atoms with Gasteiger partial charge < -0.3 is 19.9 Å². The number of carbonyl (C=O) groups excluding carboxylic acids is 3. The number of ether oxygens (including phenoxy) is 1. The van der Waals surface area contributed by atoms with Crippen LogP contribution in [0.2, 0.25) is 0 Å². The van der Waals surface area contributed by atoms with E-state index >= 15 is 0 Å². The van der Waals surface area contributed by atoms with E-state index < -0.39 is 17.3 Å². The largest absolute Gasteiger partial charge is 0.444 e. The molecule has 2 fully saturated rings. The van der Waals surface area contributed by atoms with Crippen molar-refractivity contribution < 1.29 is 23.5 Å². The molecule has 1 aliphatic carbocycles. The van der Waals surface area contributed by atoms with Crippen LogP contribution in [-0.2, 0) is 11.3 Å². The van der Waals surface area contributed by atoms with Crippen LogP contribution >= 0.6 is 0 Å². The Morgan fingerprint density at radius 2 is 1.69 bits per heavy atom. The summed E-state index contributed by atoms with van der Waals surface area (Å²) in [4.78, 5) is 54.9. The lowest BCUT2D eigenvalue weighted by atomic mass is 10.0. The van der Waals surface area contributed by atoms with Crippen molar-refractivity contribution in [2.45, 2.75) is 70.7 Å². The van der Waals surface area contributed by atoms with Gasteiger partial charge in [-0.3, -0.25) is 14.6 Å². The molecule has 1 N–H and O–H groups in total. The van der Waals surface area contributed by atoms with Crippen LogP contribution in [0.4, 0.5) is 9.18 Å². The van der Waals surface area contributed by atoms with Gasteiger partial charge in [0.2, 0.25) is 0 Å². The summed E-state index contributed by atoms with van der Waals surface area (Å²) >= 11 is 0. The summed E-state index contributed by atoms with van der Waals surface area (Å²) in [6, 6.07) is 9.70. The average Bonchev–Trinajstić information content (AvgIpc) is 3.81. The van der Waals surface area contributed by atoms with Crippen LogP contribution in [0.15, 0.2) is 55.0 Å². The third-order valence-corrected chi connectivity index (χ3v) is 7.21. The zero-order valence-electron chi connectivity index (χ0n) is 24.0. The number of nitrogens with one attached hydrogen (secondary N) is 1. The maximum absolute atomic E-state index is 14.9. The summed E-state index contributed by atoms with van der Waals surface area (Å²) in [6.45, 7) is 6.75. The highest BCUT2D eigenvalue weighted by atomic mass is 19.1. The molecule has 42 heavy (non-hydrogen) atoms. The molecule has 11 heteroatoms. The number of pyridine rings is 1. The molecule has 0 spiro atoms. The first-order chi connectivity index (χ1) is 20.1. The van der Waals surface area contributed by atoms with Gasteiger partial charge in [-0.1, -0.05) is 12.1 Å². The van der Waals surface area contributed by atoms with Crippen LogP contribution in [0, 0.1) is 5.82 Å². The van der Waals surface area contributed by atoms with Crippen LogP contribution < -0.4 is 5.32 Å². The van der Waals surface area contributed by atoms with Crippen LogP contribution in [0.25, 0.3) is 11.4 Å². The third kappa shape index (κ3) is 7.07. The molecule has 0 atom stereocenters. The highest BCUT2D eigenvalue weighted by Gasteiger charge is 2.40. The molecule has 220 valence electrons. The Balaban J connectivity index is 1.21. The normalized spacial score (nSPS) is 15.7. The molecular weight excluding hydrogens is 539 g/mol. The average molecular weight is 575 g/mol. The minimum atomic E-state index is -0.701. The molecular formula is C31H35FN6O4. The van der Waals surface area contributed by atoms with E-state index in [0.717, 1.165) is 12.8 Å². The van der Waals surface area contributed by atoms with Crippen LogP contribution in [0.5, 0.6) is 0 Å². The van der Waals surface area contributed by atoms with Crippen molar-refractivity contribution in [3.63, 3.8) is 0 Å². The van der Waals surface area contributed by atoms with Gasteiger partial charge in [0.05, 0.1) is 23.4 Å². The Morgan fingerprint density at radius 3 is 2.29 bits per heavy atom. The number of likely N-dealkylation sites (tertiary alicyclic amines) is 1. The highest BCUT2D eigenvalue weighted by molar-refractivity contribution is 5.95. The number of carbonyl (C=O) groups is 3. The van der Waals surface area contributed by atoms with Gasteiger partial charge in [-0.15, -0.1) is 0 Å². The second-order valence-electron chi connectivity index (χ2n) is 11.6. The predicted molar refractivity (Wildman–Crippen MR) is 153 cm³/mol. The van der Waals surface area contributed by atoms with Crippen molar-refractivity contribution in [3.8, 4) is 11.4 Å². The molecule has 0 bridgehead atoms. The van der Waals surface area contributed by atoms with Gasteiger partial charge in [0.1, 0.15) is 11.4 Å². The quantitative estimate of drug-likeness (QED) is 0.438. The number of rotatable bonds is 7. The first kappa shape index (κ1) is 29.1. The molecule has 2 aliphatic rings. The van der Waals surface area contributed by atoms with Gasteiger partial charge in [0.25, 0.3) is 11.8 Å². The molecule has 5 rings (SSSR count). The van der Waals surface area contributed by atoms with E-state index in [4.69, 9.17) is 4.74 Å². The molecule has 0 radical (unpaired) electrons. The molecule has 3 heterocycles. The Bertz CT molecular complexity index is 1430.